The summed E-state index contributed by atoms with van der Waals surface area (Å²) < 4.78 is 10.6. The fourth-order valence-electron chi connectivity index (χ4n) is 8.69. The summed E-state index contributed by atoms with van der Waals surface area (Å²) in [6.45, 7) is 6.90. The van der Waals surface area contributed by atoms with Crippen molar-refractivity contribution in [1.82, 2.24) is 9.13 Å². The van der Waals surface area contributed by atoms with E-state index in [1.165, 1.54) is 0 Å². The maximum atomic E-state index is 11.0. The van der Waals surface area contributed by atoms with E-state index in [0.29, 0.717) is 29.1 Å². The average Bonchev–Trinajstić information content (AvgIpc) is 3.74. The molecule has 0 spiro atoms. The normalized spacial score (nSPS) is 12.7. The molecule has 2 aromatic heterocycles. The van der Waals surface area contributed by atoms with Crippen LogP contribution in [-0.4, -0.2) is 21.8 Å². The van der Waals surface area contributed by atoms with Gasteiger partial charge in [-0.05, 0) is 96.3 Å². The van der Waals surface area contributed by atoms with E-state index in [1.807, 2.05) is 25.1 Å². The SMILES string of the molecule is CCOC(C)C(/C=C\c1c(C)c2cc(-c3ccccc3)ccc2n1-c1c(C#N)ccc(C#N)c1-n1c2ccccc2c2c3ccccc3ccc21)c1ccccc1. The van der Waals surface area contributed by atoms with Crippen LogP contribution in [0, 0.1) is 29.6 Å². The predicted octanol–water partition coefficient (Wildman–Crippen LogP) is 12.8. The van der Waals surface area contributed by atoms with Crippen molar-refractivity contribution in [1.29, 1.82) is 10.5 Å². The molecular weight excluding hydrogens is 697 g/mol. The van der Waals surface area contributed by atoms with Crippen LogP contribution in [0.3, 0.4) is 0 Å². The molecule has 57 heavy (non-hydrogen) atoms. The Morgan fingerprint density at radius 3 is 1.95 bits per heavy atom. The van der Waals surface area contributed by atoms with E-state index in [0.717, 1.165) is 71.4 Å². The van der Waals surface area contributed by atoms with Gasteiger partial charge < -0.3 is 13.9 Å². The van der Waals surface area contributed by atoms with E-state index in [4.69, 9.17) is 4.74 Å². The number of hydrogen-bond donors (Lipinski definition) is 0. The van der Waals surface area contributed by atoms with Crippen LogP contribution in [0.1, 0.15) is 47.7 Å². The highest BCUT2D eigenvalue weighted by Gasteiger charge is 2.27. The van der Waals surface area contributed by atoms with Crippen molar-refractivity contribution in [3.63, 3.8) is 0 Å². The summed E-state index contributed by atoms with van der Waals surface area (Å²) in [5.41, 5.74) is 10.5. The Balaban J connectivity index is 1.40. The number of benzene rings is 7. The van der Waals surface area contributed by atoms with Gasteiger partial charge in [-0.25, -0.2) is 0 Å². The van der Waals surface area contributed by atoms with Crippen LogP contribution < -0.4 is 0 Å². The lowest BCUT2D eigenvalue weighted by Gasteiger charge is -2.22. The second-order valence-corrected chi connectivity index (χ2v) is 14.5. The van der Waals surface area contributed by atoms with Gasteiger partial charge in [-0.2, -0.15) is 10.5 Å². The summed E-state index contributed by atoms with van der Waals surface area (Å²) in [6.07, 6.45) is 4.34. The lowest BCUT2D eigenvalue weighted by atomic mass is 9.93. The monoisotopic (exact) mass is 736 g/mol. The minimum Gasteiger partial charge on any atom is -0.378 e. The molecule has 9 aromatic rings. The fourth-order valence-corrected chi connectivity index (χ4v) is 8.69. The zero-order valence-electron chi connectivity index (χ0n) is 32.1. The lowest BCUT2D eigenvalue weighted by Crippen LogP contribution is -2.17. The van der Waals surface area contributed by atoms with E-state index in [-0.39, 0.29) is 12.0 Å². The molecule has 274 valence electrons. The second kappa shape index (κ2) is 14.8. The molecule has 2 heterocycles. The third kappa shape index (κ3) is 5.98. The Morgan fingerprint density at radius 1 is 0.614 bits per heavy atom. The standard InChI is InChI=1S/C52H40N4O/c1-4-57-35(3)42(37-17-9-6-10-18-37)27-30-46-34(2)45-31-39(36-15-7-5-8-16-36)26-28-48(45)55(46)51-40(32-53)23-24-41(33-54)52(51)56-47-22-14-13-21-44(47)50-43-20-12-11-19-38(43)25-29-49(50)56/h5-31,35,42H,4H2,1-3H3/b30-27-. The maximum absolute atomic E-state index is 11.0. The smallest absolute Gasteiger partial charge is 0.101 e. The molecule has 5 nitrogen and oxygen atoms in total. The molecule has 0 saturated carbocycles. The summed E-state index contributed by atoms with van der Waals surface area (Å²) in [5, 5.41) is 27.5. The zero-order chi connectivity index (χ0) is 39.0. The van der Waals surface area contributed by atoms with E-state index in [2.05, 4.69) is 169 Å². The van der Waals surface area contributed by atoms with Crippen LogP contribution in [0.15, 0.2) is 158 Å². The van der Waals surface area contributed by atoms with Gasteiger partial charge in [-0.3, -0.25) is 0 Å². The zero-order valence-corrected chi connectivity index (χ0v) is 32.1. The average molecular weight is 737 g/mol. The second-order valence-electron chi connectivity index (χ2n) is 14.5. The molecule has 0 amide bonds. The van der Waals surface area contributed by atoms with Crippen molar-refractivity contribution < 1.29 is 4.74 Å². The molecular formula is C52H40N4O. The molecule has 2 unspecified atom stereocenters. The number of aromatic nitrogens is 2. The van der Waals surface area contributed by atoms with Crippen molar-refractivity contribution in [2.24, 2.45) is 0 Å². The topological polar surface area (TPSA) is 66.7 Å². The first-order chi connectivity index (χ1) is 28.0. The summed E-state index contributed by atoms with van der Waals surface area (Å²) in [7, 11) is 0. The van der Waals surface area contributed by atoms with Crippen molar-refractivity contribution >= 4 is 49.6 Å². The van der Waals surface area contributed by atoms with Crippen LogP contribution in [0.2, 0.25) is 0 Å². The highest BCUT2D eigenvalue weighted by Crippen LogP contribution is 2.43. The van der Waals surface area contributed by atoms with Crippen molar-refractivity contribution in [2.75, 3.05) is 6.61 Å². The van der Waals surface area contributed by atoms with Gasteiger partial charge in [-0.1, -0.05) is 121 Å². The first-order valence-electron chi connectivity index (χ1n) is 19.5. The number of nitrogens with zero attached hydrogens (tertiary/aromatic N) is 4. The summed E-state index contributed by atoms with van der Waals surface area (Å²) in [4.78, 5) is 0. The third-order valence-corrected chi connectivity index (χ3v) is 11.4. The number of nitriles is 2. The predicted molar refractivity (Wildman–Crippen MR) is 234 cm³/mol. The minimum absolute atomic E-state index is 0.0390. The van der Waals surface area contributed by atoms with Gasteiger partial charge in [0.15, 0.2) is 0 Å². The number of para-hydroxylation sites is 1. The lowest BCUT2D eigenvalue weighted by molar-refractivity contribution is 0.0666. The largest absolute Gasteiger partial charge is 0.378 e. The highest BCUT2D eigenvalue weighted by molar-refractivity contribution is 6.21. The van der Waals surface area contributed by atoms with Gasteiger partial charge in [0.25, 0.3) is 0 Å². The van der Waals surface area contributed by atoms with E-state index < -0.39 is 0 Å². The molecule has 0 bridgehead atoms. The first-order valence-corrected chi connectivity index (χ1v) is 19.5. The molecule has 2 atom stereocenters. The van der Waals surface area contributed by atoms with Gasteiger partial charge in [0.1, 0.15) is 12.1 Å². The van der Waals surface area contributed by atoms with Crippen LogP contribution in [0.5, 0.6) is 0 Å². The molecule has 5 heteroatoms. The molecule has 0 aliphatic rings. The Hall–Kier alpha value is -7.18. The maximum Gasteiger partial charge on any atom is 0.101 e. The van der Waals surface area contributed by atoms with Gasteiger partial charge in [0.05, 0.1) is 45.2 Å². The molecule has 0 radical (unpaired) electrons. The highest BCUT2D eigenvalue weighted by atomic mass is 16.5. The Bertz CT molecular complexity index is 3080. The van der Waals surface area contributed by atoms with E-state index in [1.54, 1.807) is 12.1 Å². The van der Waals surface area contributed by atoms with Crippen LogP contribution in [0.4, 0.5) is 0 Å². The van der Waals surface area contributed by atoms with Gasteiger partial charge in [0, 0.05) is 34.4 Å². The summed E-state index contributed by atoms with van der Waals surface area (Å²) in [5.74, 6) is -0.0390. The number of fused-ring (bicyclic) bond motifs is 6. The fraction of sp³-hybridized carbons (Fsp3) is 0.115. The van der Waals surface area contributed by atoms with Gasteiger partial charge >= 0.3 is 0 Å². The number of ether oxygens (including phenoxy) is 1. The Labute approximate surface area is 332 Å². The van der Waals surface area contributed by atoms with Crippen molar-refractivity contribution in [2.45, 2.75) is 32.8 Å². The molecule has 9 rings (SSSR count). The molecule has 0 N–H and O–H groups in total. The molecule has 7 aromatic carbocycles. The third-order valence-electron chi connectivity index (χ3n) is 11.4. The van der Waals surface area contributed by atoms with Crippen LogP contribution in [-0.2, 0) is 4.74 Å². The van der Waals surface area contributed by atoms with Gasteiger partial charge in [-0.15, -0.1) is 0 Å². The molecule has 0 fully saturated rings. The minimum atomic E-state index is -0.0870. The number of rotatable bonds is 9. The van der Waals surface area contributed by atoms with Crippen molar-refractivity contribution in [3.05, 3.63) is 186 Å². The molecule has 0 aliphatic carbocycles. The molecule has 0 saturated heterocycles. The Morgan fingerprint density at radius 2 is 1.23 bits per heavy atom. The Kier molecular flexibility index (Phi) is 9.23. The van der Waals surface area contributed by atoms with Crippen molar-refractivity contribution in [3.8, 4) is 34.6 Å². The quantitative estimate of drug-likeness (QED) is 0.148. The van der Waals surface area contributed by atoms with Crippen LogP contribution in [0.25, 0.3) is 72.1 Å². The molecule has 0 aliphatic heterocycles. The summed E-state index contributed by atoms with van der Waals surface area (Å²) in [6, 6.07) is 57.2. The number of hydrogen-bond acceptors (Lipinski definition) is 3. The van der Waals surface area contributed by atoms with Gasteiger partial charge in [0.2, 0.25) is 0 Å². The van der Waals surface area contributed by atoms with E-state index in [9.17, 15) is 10.5 Å². The number of aryl methyl sites for hydroxylation is 1. The van der Waals surface area contributed by atoms with E-state index >= 15 is 0 Å². The van der Waals surface area contributed by atoms with Crippen LogP contribution >= 0.6 is 0 Å². The summed E-state index contributed by atoms with van der Waals surface area (Å²) >= 11 is 0. The first kappa shape index (κ1) is 35.5.